The zero-order valence-electron chi connectivity index (χ0n) is 20.1. The number of benzene rings is 1. The first kappa shape index (κ1) is 24.5. The minimum atomic E-state index is -0.714. The summed E-state index contributed by atoms with van der Waals surface area (Å²) < 4.78 is 0. The molecule has 4 rings (SSSR count). The molecule has 9 heteroatoms. The van der Waals surface area contributed by atoms with Crippen LogP contribution >= 0.6 is 0 Å². The van der Waals surface area contributed by atoms with Crippen LogP contribution in [0.4, 0.5) is 15.3 Å². The third-order valence-electron chi connectivity index (χ3n) is 6.75. The number of hydroxylamine groups is 2. The Morgan fingerprint density at radius 2 is 1.86 bits per heavy atom. The van der Waals surface area contributed by atoms with Gasteiger partial charge in [-0.1, -0.05) is 42.3 Å². The number of carbonyl (C=O) groups excluding carboxylic acids is 3. The molecule has 1 aromatic heterocycles. The van der Waals surface area contributed by atoms with E-state index in [1.807, 2.05) is 42.2 Å². The molecule has 186 valence electrons. The van der Waals surface area contributed by atoms with Crippen molar-refractivity contribution in [3.8, 4) is 0 Å². The summed E-state index contributed by atoms with van der Waals surface area (Å²) in [6.45, 7) is 4.17. The van der Waals surface area contributed by atoms with E-state index in [-0.39, 0.29) is 0 Å². The lowest BCUT2D eigenvalue weighted by Gasteiger charge is -2.32. The average Bonchev–Trinajstić information content (AvgIpc) is 2.95. The van der Waals surface area contributed by atoms with E-state index >= 15 is 0 Å². The molecule has 9 nitrogen and oxygen atoms in total. The number of anilines is 1. The van der Waals surface area contributed by atoms with Gasteiger partial charge in [0.1, 0.15) is 0 Å². The normalized spacial score (nSPS) is 20.0. The third kappa shape index (κ3) is 6.29. The maximum atomic E-state index is 13.3. The number of amides is 4. The van der Waals surface area contributed by atoms with Crippen LogP contribution in [-0.2, 0) is 16.1 Å². The summed E-state index contributed by atoms with van der Waals surface area (Å²) in [4.78, 5) is 52.1. The van der Waals surface area contributed by atoms with Crippen LogP contribution in [0.3, 0.4) is 0 Å². The molecule has 1 atom stereocenters. The molecule has 1 N–H and O–H groups in total. The van der Waals surface area contributed by atoms with Gasteiger partial charge in [-0.2, -0.15) is 0 Å². The number of carbonyl (C=O) groups is 3. The number of hydrogen-bond acceptors (Lipinski definition) is 6. The Hall–Kier alpha value is -3.62. The van der Waals surface area contributed by atoms with E-state index in [1.54, 1.807) is 17.3 Å². The standard InChI is InChI=1S/C26H33N5O4/c1-2-22-19-30(23-9-6-12-27-18-23)16-13-28-25(33)31(24(22)32)35-26(34)29-14-10-21(11-15-29)17-20-7-4-3-5-8-20/h3-9,12,18,21-22H,2,10-11,13-17,19H2,1H3,(H,28,33). The molecule has 0 bridgehead atoms. The minimum Gasteiger partial charge on any atom is -0.368 e. The summed E-state index contributed by atoms with van der Waals surface area (Å²) in [5, 5.41) is 3.32. The monoisotopic (exact) mass is 479 g/mol. The van der Waals surface area contributed by atoms with Crippen molar-refractivity contribution in [1.82, 2.24) is 20.3 Å². The molecule has 0 radical (unpaired) electrons. The SMILES string of the molecule is CCC1CN(c2cccnc2)CCNC(=O)N(OC(=O)N2CCC(Cc3ccccc3)CC2)C1=O. The predicted octanol–water partition coefficient (Wildman–Crippen LogP) is 3.47. The largest absolute Gasteiger partial charge is 0.434 e. The maximum Gasteiger partial charge on any atom is 0.434 e. The molecule has 0 saturated carbocycles. The summed E-state index contributed by atoms with van der Waals surface area (Å²) in [5.41, 5.74) is 2.16. The van der Waals surface area contributed by atoms with Crippen molar-refractivity contribution in [3.05, 3.63) is 60.4 Å². The highest BCUT2D eigenvalue weighted by atomic mass is 16.7. The summed E-state index contributed by atoms with van der Waals surface area (Å²) >= 11 is 0. The number of aromatic nitrogens is 1. The average molecular weight is 480 g/mol. The second-order valence-electron chi connectivity index (χ2n) is 9.10. The van der Waals surface area contributed by atoms with Crippen LogP contribution in [0.15, 0.2) is 54.9 Å². The van der Waals surface area contributed by atoms with Gasteiger partial charge in [-0.15, -0.1) is 0 Å². The zero-order valence-corrected chi connectivity index (χ0v) is 20.1. The fraction of sp³-hybridized carbons (Fsp3) is 0.462. The first-order chi connectivity index (χ1) is 17.0. The van der Waals surface area contributed by atoms with Crippen molar-refractivity contribution >= 4 is 23.7 Å². The molecule has 35 heavy (non-hydrogen) atoms. The van der Waals surface area contributed by atoms with Gasteiger partial charge in [-0.05, 0) is 49.3 Å². The van der Waals surface area contributed by atoms with Gasteiger partial charge < -0.3 is 20.0 Å². The van der Waals surface area contributed by atoms with Gasteiger partial charge in [0.2, 0.25) is 0 Å². The lowest BCUT2D eigenvalue weighted by atomic mass is 9.90. The number of imide groups is 1. The number of hydrogen-bond donors (Lipinski definition) is 1. The molecule has 2 saturated heterocycles. The van der Waals surface area contributed by atoms with E-state index in [2.05, 4.69) is 22.4 Å². The van der Waals surface area contributed by atoms with Crippen LogP contribution in [0.5, 0.6) is 0 Å². The van der Waals surface area contributed by atoms with E-state index in [9.17, 15) is 14.4 Å². The minimum absolute atomic E-state index is 0.302. The summed E-state index contributed by atoms with van der Waals surface area (Å²) in [5.74, 6) is -0.545. The first-order valence-electron chi connectivity index (χ1n) is 12.3. The molecule has 2 aliphatic heterocycles. The van der Waals surface area contributed by atoms with E-state index in [0.717, 1.165) is 24.9 Å². The van der Waals surface area contributed by atoms with Gasteiger partial charge in [0, 0.05) is 38.9 Å². The number of piperidine rings is 1. The van der Waals surface area contributed by atoms with Crippen molar-refractivity contribution < 1.29 is 19.2 Å². The van der Waals surface area contributed by atoms with Gasteiger partial charge in [0.25, 0.3) is 5.91 Å². The number of pyridine rings is 1. The second-order valence-corrected chi connectivity index (χ2v) is 9.10. The summed E-state index contributed by atoms with van der Waals surface area (Å²) in [6, 6.07) is 13.4. The highest BCUT2D eigenvalue weighted by Crippen LogP contribution is 2.23. The fourth-order valence-electron chi connectivity index (χ4n) is 4.64. The number of nitrogens with one attached hydrogen (secondary N) is 1. The van der Waals surface area contributed by atoms with Gasteiger partial charge >= 0.3 is 12.1 Å². The summed E-state index contributed by atoms with van der Waals surface area (Å²) in [6.07, 6.45) is 5.93. The summed E-state index contributed by atoms with van der Waals surface area (Å²) in [7, 11) is 0. The Bertz CT molecular complexity index is 995. The Morgan fingerprint density at radius 1 is 1.09 bits per heavy atom. The van der Waals surface area contributed by atoms with Gasteiger partial charge in [-0.25, -0.2) is 9.59 Å². The van der Waals surface area contributed by atoms with E-state index in [1.165, 1.54) is 5.56 Å². The molecule has 2 aromatic rings. The Labute approximate surface area is 206 Å². The van der Waals surface area contributed by atoms with E-state index < -0.39 is 23.9 Å². The quantitative estimate of drug-likeness (QED) is 0.706. The zero-order chi connectivity index (χ0) is 24.6. The molecular weight excluding hydrogens is 446 g/mol. The van der Waals surface area contributed by atoms with Crippen molar-refractivity contribution in [3.63, 3.8) is 0 Å². The van der Waals surface area contributed by atoms with Crippen LogP contribution in [0.25, 0.3) is 0 Å². The lowest BCUT2D eigenvalue weighted by Crippen LogP contribution is -2.50. The fourth-order valence-corrected chi connectivity index (χ4v) is 4.64. The molecule has 4 amide bonds. The number of rotatable bonds is 5. The molecular formula is C26H33N5O4. The number of likely N-dealkylation sites (tertiary alicyclic amines) is 1. The maximum absolute atomic E-state index is 13.3. The van der Waals surface area contributed by atoms with Gasteiger partial charge in [0.15, 0.2) is 0 Å². The second kappa shape index (κ2) is 11.7. The van der Waals surface area contributed by atoms with Crippen molar-refractivity contribution in [2.75, 3.05) is 37.6 Å². The molecule has 0 aliphatic carbocycles. The third-order valence-corrected chi connectivity index (χ3v) is 6.75. The lowest BCUT2D eigenvalue weighted by molar-refractivity contribution is -0.160. The van der Waals surface area contributed by atoms with E-state index in [4.69, 9.17) is 4.84 Å². The van der Waals surface area contributed by atoms with E-state index in [0.29, 0.717) is 50.1 Å². The molecule has 2 fully saturated rings. The van der Waals surface area contributed by atoms with Crippen molar-refractivity contribution in [1.29, 1.82) is 0 Å². The van der Waals surface area contributed by atoms with Crippen LogP contribution in [-0.4, -0.2) is 65.7 Å². The number of urea groups is 1. The van der Waals surface area contributed by atoms with Crippen molar-refractivity contribution in [2.45, 2.75) is 32.6 Å². The van der Waals surface area contributed by atoms with Crippen LogP contribution < -0.4 is 10.2 Å². The van der Waals surface area contributed by atoms with Crippen molar-refractivity contribution in [2.24, 2.45) is 11.8 Å². The molecule has 2 aliphatic rings. The van der Waals surface area contributed by atoms with Gasteiger partial charge in [-0.3, -0.25) is 9.78 Å². The van der Waals surface area contributed by atoms with Crippen LogP contribution in [0.1, 0.15) is 31.7 Å². The highest BCUT2D eigenvalue weighted by Gasteiger charge is 2.36. The molecule has 3 heterocycles. The topological polar surface area (TPSA) is 95.1 Å². The van der Waals surface area contributed by atoms with Gasteiger partial charge in [0.05, 0.1) is 17.8 Å². The Balaban J connectivity index is 1.37. The highest BCUT2D eigenvalue weighted by molar-refractivity contribution is 5.95. The molecule has 1 aromatic carbocycles. The predicted molar refractivity (Wildman–Crippen MR) is 131 cm³/mol. The smallest absolute Gasteiger partial charge is 0.368 e. The first-order valence-corrected chi connectivity index (χ1v) is 12.3. The molecule has 1 unspecified atom stereocenters. The number of nitrogens with zero attached hydrogens (tertiary/aromatic N) is 4. The Morgan fingerprint density at radius 3 is 2.54 bits per heavy atom. The van der Waals surface area contributed by atoms with Crippen LogP contribution in [0, 0.1) is 11.8 Å². The van der Waals surface area contributed by atoms with Crippen LogP contribution in [0.2, 0.25) is 0 Å². The molecule has 0 spiro atoms. The Kier molecular flexibility index (Phi) is 8.18.